The van der Waals surface area contributed by atoms with Gasteiger partial charge in [0, 0.05) is 37.8 Å². The molecule has 0 radical (unpaired) electrons. The fraction of sp³-hybridized carbons (Fsp3) is 0.524. The Bertz CT molecular complexity index is 1120. The summed E-state index contributed by atoms with van der Waals surface area (Å²) >= 11 is 0. The molecule has 3 atom stereocenters. The molecule has 1 saturated heterocycles. The average Bonchev–Trinajstić information content (AvgIpc) is 3.26. The molecular formula is C21H24FN7O2. The number of aromatic nitrogens is 6. The third-order valence-corrected chi connectivity index (χ3v) is 6.03. The first-order valence-corrected chi connectivity index (χ1v) is 10.6. The fourth-order valence-electron chi connectivity index (χ4n) is 4.17. The van der Waals surface area contributed by atoms with E-state index in [-0.39, 0.29) is 23.8 Å². The van der Waals surface area contributed by atoms with E-state index in [9.17, 15) is 9.18 Å². The van der Waals surface area contributed by atoms with Crippen LogP contribution in [0.15, 0.2) is 18.7 Å². The summed E-state index contributed by atoms with van der Waals surface area (Å²) in [6.45, 7) is 5.19. The normalized spacial score (nSPS) is 22.8. The maximum absolute atomic E-state index is 12.8. The van der Waals surface area contributed by atoms with Gasteiger partial charge < -0.3 is 14.2 Å². The standard InChI is InChI=1S/C21H24FN7O2/c1-3-29-18(14-8-23-12(2)24-9-14)27-17-19(29)25-11-26-20(17)31-15-4-5-28(10-15)21(30)16-6-13(16)7-22/h8-9,11,13,15-16H,3-7,10H2,1-2H3/t13?,15-,16?/m0/s1. The van der Waals surface area contributed by atoms with E-state index in [1.54, 1.807) is 17.3 Å². The summed E-state index contributed by atoms with van der Waals surface area (Å²) < 4.78 is 20.9. The Morgan fingerprint density at radius 2 is 2.06 bits per heavy atom. The number of fused-ring (bicyclic) bond motifs is 1. The van der Waals surface area contributed by atoms with E-state index in [1.165, 1.54) is 6.33 Å². The molecule has 2 aliphatic rings. The maximum Gasteiger partial charge on any atom is 0.245 e. The number of halogens is 1. The quantitative estimate of drug-likeness (QED) is 0.597. The van der Waals surface area contributed by atoms with Gasteiger partial charge in [0.25, 0.3) is 0 Å². The van der Waals surface area contributed by atoms with Crippen LogP contribution < -0.4 is 4.74 Å². The number of rotatable bonds is 6. The highest BCUT2D eigenvalue weighted by Gasteiger charge is 2.46. The van der Waals surface area contributed by atoms with Gasteiger partial charge in [-0.1, -0.05) is 0 Å². The molecule has 1 amide bonds. The van der Waals surface area contributed by atoms with Crippen molar-refractivity contribution in [2.24, 2.45) is 11.8 Å². The topological polar surface area (TPSA) is 98.9 Å². The molecule has 4 heterocycles. The number of nitrogens with zero attached hydrogens (tertiary/aromatic N) is 7. The predicted molar refractivity (Wildman–Crippen MR) is 110 cm³/mol. The van der Waals surface area contributed by atoms with Crippen molar-refractivity contribution in [3.05, 3.63) is 24.5 Å². The molecule has 10 heteroatoms. The van der Waals surface area contributed by atoms with Crippen molar-refractivity contribution in [3.8, 4) is 17.3 Å². The van der Waals surface area contributed by atoms with Crippen LogP contribution in [0.3, 0.4) is 0 Å². The van der Waals surface area contributed by atoms with Gasteiger partial charge in [-0.3, -0.25) is 9.18 Å². The van der Waals surface area contributed by atoms with Gasteiger partial charge in [0.2, 0.25) is 11.8 Å². The molecule has 0 spiro atoms. The number of carbonyl (C=O) groups excluding carboxylic acids is 1. The van der Waals surface area contributed by atoms with Crippen LogP contribution in [0.5, 0.6) is 5.88 Å². The minimum absolute atomic E-state index is 0.0403. The zero-order valence-corrected chi connectivity index (χ0v) is 17.5. The van der Waals surface area contributed by atoms with E-state index in [2.05, 4.69) is 19.9 Å². The number of alkyl halides is 1. The highest BCUT2D eigenvalue weighted by Crippen LogP contribution is 2.41. The van der Waals surface area contributed by atoms with Crippen LogP contribution in [0.4, 0.5) is 4.39 Å². The van der Waals surface area contributed by atoms with Crippen LogP contribution in [0, 0.1) is 18.8 Å². The highest BCUT2D eigenvalue weighted by molar-refractivity contribution is 5.82. The molecule has 2 fully saturated rings. The lowest BCUT2D eigenvalue weighted by molar-refractivity contribution is -0.132. The summed E-state index contributed by atoms with van der Waals surface area (Å²) in [7, 11) is 0. The third-order valence-electron chi connectivity index (χ3n) is 6.03. The fourth-order valence-corrected chi connectivity index (χ4v) is 4.17. The number of ether oxygens (including phenoxy) is 1. The van der Waals surface area contributed by atoms with Gasteiger partial charge in [-0.15, -0.1) is 0 Å². The molecule has 0 N–H and O–H groups in total. The van der Waals surface area contributed by atoms with Crippen LogP contribution >= 0.6 is 0 Å². The molecular weight excluding hydrogens is 401 g/mol. The number of likely N-dealkylation sites (tertiary alicyclic amines) is 1. The summed E-state index contributed by atoms with van der Waals surface area (Å²) in [5.74, 6) is 1.58. The lowest BCUT2D eigenvalue weighted by Crippen LogP contribution is -2.32. The van der Waals surface area contributed by atoms with E-state index in [4.69, 9.17) is 9.72 Å². The SMILES string of the molecule is CCn1c(-c2cnc(C)nc2)nc2c(O[C@H]3CCN(C(=O)C4CC4CF)C3)ncnc21. The number of hydrogen-bond donors (Lipinski definition) is 0. The largest absolute Gasteiger partial charge is 0.471 e. The zero-order chi connectivity index (χ0) is 21.5. The van der Waals surface area contributed by atoms with E-state index < -0.39 is 6.67 Å². The molecule has 0 aromatic carbocycles. The van der Waals surface area contributed by atoms with Gasteiger partial charge in [0.1, 0.15) is 24.1 Å². The Morgan fingerprint density at radius 3 is 2.77 bits per heavy atom. The zero-order valence-electron chi connectivity index (χ0n) is 17.5. The van der Waals surface area contributed by atoms with E-state index in [0.29, 0.717) is 61.2 Å². The first-order valence-electron chi connectivity index (χ1n) is 10.6. The summed E-state index contributed by atoms with van der Waals surface area (Å²) in [6, 6.07) is 0. The third kappa shape index (κ3) is 3.60. The number of imidazole rings is 1. The highest BCUT2D eigenvalue weighted by atomic mass is 19.1. The second-order valence-electron chi connectivity index (χ2n) is 8.12. The molecule has 9 nitrogen and oxygen atoms in total. The molecule has 31 heavy (non-hydrogen) atoms. The van der Waals surface area contributed by atoms with Gasteiger partial charge in [-0.2, -0.15) is 4.98 Å². The Kier molecular flexibility index (Phi) is 4.99. The van der Waals surface area contributed by atoms with Crippen molar-refractivity contribution < 1.29 is 13.9 Å². The van der Waals surface area contributed by atoms with Gasteiger partial charge in [-0.25, -0.2) is 19.9 Å². The van der Waals surface area contributed by atoms with Crippen molar-refractivity contribution in [2.75, 3.05) is 19.8 Å². The molecule has 3 aromatic heterocycles. The second-order valence-corrected chi connectivity index (χ2v) is 8.12. The lowest BCUT2D eigenvalue weighted by atomic mass is 10.3. The number of amides is 1. The summed E-state index contributed by atoms with van der Waals surface area (Å²) in [5.41, 5.74) is 2.04. The van der Waals surface area contributed by atoms with Gasteiger partial charge in [0.15, 0.2) is 11.2 Å². The van der Waals surface area contributed by atoms with Gasteiger partial charge in [0.05, 0.1) is 18.8 Å². The van der Waals surface area contributed by atoms with Crippen molar-refractivity contribution in [3.63, 3.8) is 0 Å². The molecule has 162 valence electrons. The van der Waals surface area contributed by atoms with Crippen molar-refractivity contribution in [2.45, 2.75) is 39.3 Å². The van der Waals surface area contributed by atoms with Crippen molar-refractivity contribution in [1.82, 2.24) is 34.4 Å². The van der Waals surface area contributed by atoms with Crippen molar-refractivity contribution >= 4 is 17.1 Å². The molecule has 1 aliphatic heterocycles. The maximum atomic E-state index is 12.8. The van der Waals surface area contributed by atoms with Crippen molar-refractivity contribution in [1.29, 1.82) is 0 Å². The van der Waals surface area contributed by atoms with Gasteiger partial charge in [-0.05, 0) is 26.2 Å². The van der Waals surface area contributed by atoms with Crippen LogP contribution in [0.25, 0.3) is 22.6 Å². The molecule has 1 aliphatic carbocycles. The van der Waals surface area contributed by atoms with Crippen LogP contribution in [-0.4, -0.2) is 66.2 Å². The van der Waals surface area contributed by atoms with Crippen LogP contribution in [0.1, 0.15) is 25.6 Å². The minimum Gasteiger partial charge on any atom is -0.471 e. The number of aryl methyl sites for hydroxylation is 2. The molecule has 1 saturated carbocycles. The minimum atomic E-state index is -0.419. The summed E-state index contributed by atoms with van der Waals surface area (Å²) in [6.07, 6.45) is 6.14. The second kappa shape index (κ2) is 7.82. The lowest BCUT2D eigenvalue weighted by Gasteiger charge is -2.17. The molecule has 0 bridgehead atoms. The Labute approximate surface area is 178 Å². The number of carbonyl (C=O) groups is 1. The Balaban J connectivity index is 1.38. The Morgan fingerprint density at radius 1 is 1.26 bits per heavy atom. The van der Waals surface area contributed by atoms with E-state index in [1.807, 2.05) is 18.4 Å². The number of hydrogen-bond acceptors (Lipinski definition) is 7. The first kappa shape index (κ1) is 19.8. The van der Waals surface area contributed by atoms with E-state index >= 15 is 0 Å². The first-order chi connectivity index (χ1) is 15.1. The molecule has 2 unspecified atom stereocenters. The molecule has 3 aromatic rings. The summed E-state index contributed by atoms with van der Waals surface area (Å²) in [4.78, 5) is 36.3. The van der Waals surface area contributed by atoms with Gasteiger partial charge >= 0.3 is 0 Å². The Hall–Kier alpha value is -3.17. The summed E-state index contributed by atoms with van der Waals surface area (Å²) in [5, 5.41) is 0. The monoisotopic (exact) mass is 425 g/mol. The average molecular weight is 425 g/mol. The van der Waals surface area contributed by atoms with Crippen LogP contribution in [-0.2, 0) is 11.3 Å². The van der Waals surface area contributed by atoms with E-state index in [0.717, 1.165) is 5.56 Å². The van der Waals surface area contributed by atoms with Crippen LogP contribution in [0.2, 0.25) is 0 Å². The molecule has 5 rings (SSSR count). The smallest absolute Gasteiger partial charge is 0.245 e. The predicted octanol–water partition coefficient (Wildman–Crippen LogP) is 2.20.